The van der Waals surface area contributed by atoms with Crippen LogP contribution in [0.5, 0.6) is 0 Å². The third-order valence-electron chi connectivity index (χ3n) is 4.13. The average Bonchev–Trinajstić information content (AvgIpc) is 2.53. The number of nitrogens with zero attached hydrogens (tertiary/aromatic N) is 4. The van der Waals surface area contributed by atoms with Gasteiger partial charge in [0.1, 0.15) is 11.9 Å². The summed E-state index contributed by atoms with van der Waals surface area (Å²) in [5.74, 6) is 0.678. The largest absolute Gasteiger partial charge is 0.417 e. The Bertz CT molecular complexity index is 824. The molecule has 0 aromatic carbocycles. The molecule has 3 heterocycles. The normalized spacial score (nSPS) is 17.3. The maximum Gasteiger partial charge on any atom is 0.417 e. The number of pyridine rings is 2. The van der Waals surface area contributed by atoms with Crippen molar-refractivity contribution in [3.8, 4) is 6.07 Å². The predicted molar refractivity (Wildman–Crippen MR) is 82.4 cm³/mol. The van der Waals surface area contributed by atoms with E-state index in [-0.39, 0.29) is 5.92 Å². The molecule has 4 nitrogen and oxygen atoms in total. The van der Waals surface area contributed by atoms with Gasteiger partial charge in [0.15, 0.2) is 0 Å². The first-order chi connectivity index (χ1) is 11.3. The highest BCUT2D eigenvalue weighted by molar-refractivity contribution is 5.52. The van der Waals surface area contributed by atoms with Crippen LogP contribution >= 0.6 is 0 Å². The van der Waals surface area contributed by atoms with Gasteiger partial charge in [-0.05, 0) is 30.2 Å². The first-order valence-corrected chi connectivity index (χ1v) is 7.47. The van der Waals surface area contributed by atoms with E-state index in [0.29, 0.717) is 35.7 Å². The summed E-state index contributed by atoms with van der Waals surface area (Å²) in [7, 11) is 0. The highest BCUT2D eigenvalue weighted by atomic mass is 19.4. The number of halogens is 3. The summed E-state index contributed by atoms with van der Waals surface area (Å²) >= 11 is 0. The van der Waals surface area contributed by atoms with E-state index in [1.807, 2.05) is 24.8 Å². The number of nitriles is 1. The lowest BCUT2D eigenvalue weighted by atomic mass is 9.95. The van der Waals surface area contributed by atoms with E-state index in [1.54, 1.807) is 6.07 Å². The Morgan fingerprint density at radius 1 is 1.25 bits per heavy atom. The van der Waals surface area contributed by atoms with Crippen LogP contribution in [0.25, 0.3) is 0 Å². The van der Waals surface area contributed by atoms with Crippen molar-refractivity contribution in [1.82, 2.24) is 9.97 Å². The zero-order valence-corrected chi connectivity index (χ0v) is 13.2. The summed E-state index contributed by atoms with van der Waals surface area (Å²) in [6, 6.07) is 4.93. The fourth-order valence-corrected chi connectivity index (χ4v) is 3.05. The van der Waals surface area contributed by atoms with E-state index in [0.717, 1.165) is 11.8 Å². The van der Waals surface area contributed by atoms with Crippen LogP contribution in [0.15, 0.2) is 24.5 Å². The van der Waals surface area contributed by atoms with Gasteiger partial charge in [-0.2, -0.15) is 18.4 Å². The van der Waals surface area contributed by atoms with Crippen LogP contribution in [-0.2, 0) is 12.7 Å². The second-order valence-corrected chi connectivity index (χ2v) is 6.02. The summed E-state index contributed by atoms with van der Waals surface area (Å²) in [6.07, 6.45) is -2.03. The van der Waals surface area contributed by atoms with E-state index in [9.17, 15) is 13.2 Å². The van der Waals surface area contributed by atoms with Crippen LogP contribution in [0.4, 0.5) is 19.0 Å². The highest BCUT2D eigenvalue weighted by Gasteiger charge is 2.33. The molecule has 0 bridgehead atoms. The van der Waals surface area contributed by atoms with Crippen LogP contribution in [0, 0.1) is 18.3 Å². The van der Waals surface area contributed by atoms with Crippen molar-refractivity contribution >= 4 is 5.82 Å². The number of anilines is 1. The summed E-state index contributed by atoms with van der Waals surface area (Å²) < 4.78 is 38.8. The van der Waals surface area contributed by atoms with E-state index in [4.69, 9.17) is 5.26 Å². The molecule has 0 saturated carbocycles. The van der Waals surface area contributed by atoms with Crippen molar-refractivity contribution in [3.63, 3.8) is 0 Å². The van der Waals surface area contributed by atoms with E-state index >= 15 is 0 Å². The molecule has 0 amide bonds. The Hall–Kier alpha value is -2.62. The molecule has 2 aromatic heterocycles. The van der Waals surface area contributed by atoms with E-state index in [1.165, 1.54) is 12.3 Å². The second-order valence-electron chi connectivity index (χ2n) is 6.02. The minimum Gasteiger partial charge on any atom is -0.351 e. The molecule has 1 unspecified atom stereocenters. The fourth-order valence-electron chi connectivity index (χ4n) is 3.05. The maximum absolute atomic E-state index is 12.9. The molecule has 0 aliphatic carbocycles. The molecule has 124 valence electrons. The minimum absolute atomic E-state index is 0.00660. The van der Waals surface area contributed by atoms with Gasteiger partial charge in [0.25, 0.3) is 0 Å². The monoisotopic (exact) mass is 332 g/mol. The van der Waals surface area contributed by atoms with Gasteiger partial charge >= 0.3 is 6.18 Å². The zero-order valence-electron chi connectivity index (χ0n) is 13.2. The van der Waals surface area contributed by atoms with Crippen LogP contribution in [0.1, 0.15) is 40.8 Å². The Morgan fingerprint density at radius 3 is 2.62 bits per heavy atom. The van der Waals surface area contributed by atoms with Crippen molar-refractivity contribution in [2.45, 2.75) is 32.5 Å². The molecule has 0 fully saturated rings. The predicted octanol–water partition coefficient (Wildman–Crippen LogP) is 3.80. The van der Waals surface area contributed by atoms with Crippen LogP contribution in [-0.4, -0.2) is 16.5 Å². The first kappa shape index (κ1) is 16.2. The fraction of sp³-hybridized carbons (Fsp3) is 0.353. The SMILES string of the molecule is Cc1cc(C#N)cnc1N1Cc2cc(C(F)(F)F)cnc2C(C)C1. The molecule has 1 atom stereocenters. The summed E-state index contributed by atoms with van der Waals surface area (Å²) in [6.45, 7) is 4.71. The zero-order chi connectivity index (χ0) is 17.5. The van der Waals surface area contributed by atoms with Gasteiger partial charge in [-0.15, -0.1) is 0 Å². The smallest absolute Gasteiger partial charge is 0.351 e. The first-order valence-electron chi connectivity index (χ1n) is 7.47. The van der Waals surface area contributed by atoms with E-state index < -0.39 is 11.7 Å². The Balaban J connectivity index is 1.98. The number of aryl methyl sites for hydroxylation is 1. The molecule has 7 heteroatoms. The lowest BCUT2D eigenvalue weighted by molar-refractivity contribution is -0.137. The number of aromatic nitrogens is 2. The van der Waals surface area contributed by atoms with Crippen LogP contribution < -0.4 is 4.90 Å². The van der Waals surface area contributed by atoms with Crippen molar-refractivity contribution in [2.75, 3.05) is 11.4 Å². The second kappa shape index (κ2) is 5.78. The van der Waals surface area contributed by atoms with Gasteiger partial charge < -0.3 is 4.90 Å². The Morgan fingerprint density at radius 2 is 2.00 bits per heavy atom. The van der Waals surface area contributed by atoms with Gasteiger partial charge in [0.05, 0.1) is 11.1 Å². The van der Waals surface area contributed by atoms with Gasteiger partial charge in [-0.25, -0.2) is 4.98 Å². The van der Waals surface area contributed by atoms with Crippen molar-refractivity contribution < 1.29 is 13.2 Å². The highest BCUT2D eigenvalue weighted by Crippen LogP contribution is 2.35. The molecule has 3 rings (SSSR count). The molecule has 2 aromatic rings. The number of hydrogen-bond donors (Lipinski definition) is 0. The topological polar surface area (TPSA) is 52.8 Å². The standard InChI is InChI=1S/C17H15F3N4/c1-10-3-12(5-21)6-23-16(10)24-8-11(2)15-13(9-24)4-14(7-22-15)17(18,19)20/h3-4,6-7,11H,8-9H2,1-2H3. The molecule has 1 aliphatic rings. The number of rotatable bonds is 1. The summed E-state index contributed by atoms with van der Waals surface area (Å²) in [5.41, 5.74) is 1.81. The summed E-state index contributed by atoms with van der Waals surface area (Å²) in [4.78, 5) is 10.3. The lowest BCUT2D eigenvalue weighted by Gasteiger charge is -2.34. The van der Waals surface area contributed by atoms with Crippen molar-refractivity contribution in [1.29, 1.82) is 5.26 Å². The number of hydrogen-bond acceptors (Lipinski definition) is 4. The molecule has 0 spiro atoms. The van der Waals surface area contributed by atoms with Crippen molar-refractivity contribution in [2.24, 2.45) is 0 Å². The minimum atomic E-state index is -4.41. The third-order valence-corrected chi connectivity index (χ3v) is 4.13. The average molecular weight is 332 g/mol. The maximum atomic E-state index is 12.9. The van der Waals surface area contributed by atoms with Crippen LogP contribution in [0.2, 0.25) is 0 Å². The molecular weight excluding hydrogens is 317 g/mol. The molecule has 0 N–H and O–H groups in total. The van der Waals surface area contributed by atoms with Gasteiger partial charge in [0.2, 0.25) is 0 Å². The Kier molecular flexibility index (Phi) is 3.91. The Labute approximate surface area is 137 Å². The molecular formula is C17H15F3N4. The number of fused-ring (bicyclic) bond motifs is 1. The van der Waals surface area contributed by atoms with Gasteiger partial charge in [0, 0.05) is 37.1 Å². The molecule has 0 radical (unpaired) electrons. The molecule has 0 saturated heterocycles. The molecule has 24 heavy (non-hydrogen) atoms. The van der Waals surface area contributed by atoms with Crippen molar-refractivity contribution in [3.05, 3.63) is 52.5 Å². The van der Waals surface area contributed by atoms with Crippen LogP contribution in [0.3, 0.4) is 0 Å². The van der Waals surface area contributed by atoms with E-state index in [2.05, 4.69) is 9.97 Å². The quantitative estimate of drug-likeness (QED) is 0.797. The molecule has 1 aliphatic heterocycles. The summed E-state index contributed by atoms with van der Waals surface area (Å²) in [5, 5.41) is 8.92. The third kappa shape index (κ3) is 2.92. The number of alkyl halides is 3. The van der Waals surface area contributed by atoms with Gasteiger partial charge in [-0.1, -0.05) is 6.92 Å². The lowest BCUT2D eigenvalue weighted by Crippen LogP contribution is -2.34. The van der Waals surface area contributed by atoms with Gasteiger partial charge in [-0.3, -0.25) is 4.98 Å².